The Kier molecular flexibility index (Phi) is 8.88. The molecule has 10 heteroatoms. The van der Waals surface area contributed by atoms with Crippen molar-refractivity contribution in [1.29, 1.82) is 0 Å². The highest BCUT2D eigenvalue weighted by atomic mass is 32.2. The maximum absolute atomic E-state index is 13.6. The molecule has 1 aromatic heterocycles. The van der Waals surface area contributed by atoms with Crippen molar-refractivity contribution in [3.05, 3.63) is 18.9 Å². The summed E-state index contributed by atoms with van der Waals surface area (Å²) in [5.74, 6) is 0.566. The summed E-state index contributed by atoms with van der Waals surface area (Å²) in [5, 5.41) is 3.86. The van der Waals surface area contributed by atoms with Crippen molar-refractivity contribution in [3.63, 3.8) is 0 Å². The highest BCUT2D eigenvalue weighted by Gasteiger charge is 2.41. The van der Waals surface area contributed by atoms with Crippen LogP contribution < -0.4 is 5.32 Å². The second-order valence-electron chi connectivity index (χ2n) is 9.80. The minimum Gasteiger partial charge on any atom is -0.381 e. The summed E-state index contributed by atoms with van der Waals surface area (Å²) in [7, 11) is 1.70. The fourth-order valence-electron chi connectivity index (χ4n) is 5.01. The van der Waals surface area contributed by atoms with Crippen molar-refractivity contribution in [3.8, 4) is 0 Å². The van der Waals surface area contributed by atoms with Crippen LogP contribution in [0.1, 0.15) is 45.4 Å². The first-order valence-corrected chi connectivity index (χ1v) is 14.3. The van der Waals surface area contributed by atoms with Gasteiger partial charge in [0.1, 0.15) is 0 Å². The average molecular weight is 521 g/mol. The predicted molar refractivity (Wildman–Crippen MR) is 138 cm³/mol. The standard InChI is InChI=1S/C25H36N4O4S2/c1-4-21(30)28-9-5-11-29(12-6-10-28)24(32)18-14-20(16(2)13-19(18)33-3)34-22-15-26-25(35-22)27-23(31)17-7-8-17/h4,15-20H,1,5-14H2,2-3H3,(H,26,27,31). The molecule has 0 bridgehead atoms. The van der Waals surface area contributed by atoms with Gasteiger partial charge in [-0.25, -0.2) is 4.98 Å². The van der Waals surface area contributed by atoms with Gasteiger partial charge in [-0.3, -0.25) is 14.4 Å². The van der Waals surface area contributed by atoms with Crippen LogP contribution in [0.4, 0.5) is 5.13 Å². The lowest BCUT2D eigenvalue weighted by Gasteiger charge is -2.41. The lowest BCUT2D eigenvalue weighted by atomic mass is 9.79. The molecule has 2 saturated carbocycles. The Morgan fingerprint density at radius 1 is 1.17 bits per heavy atom. The van der Waals surface area contributed by atoms with Gasteiger partial charge in [-0.2, -0.15) is 0 Å². The molecule has 1 N–H and O–H groups in total. The van der Waals surface area contributed by atoms with Crippen LogP contribution in [0.15, 0.2) is 23.1 Å². The number of hydrogen-bond acceptors (Lipinski definition) is 7. The number of ether oxygens (including phenoxy) is 1. The molecule has 192 valence electrons. The number of rotatable bonds is 7. The monoisotopic (exact) mass is 520 g/mol. The van der Waals surface area contributed by atoms with Crippen molar-refractivity contribution in [2.24, 2.45) is 17.8 Å². The highest BCUT2D eigenvalue weighted by molar-refractivity contribution is 8.01. The minimum absolute atomic E-state index is 0.0383. The smallest absolute Gasteiger partial charge is 0.245 e. The predicted octanol–water partition coefficient (Wildman–Crippen LogP) is 3.65. The Morgan fingerprint density at radius 2 is 1.86 bits per heavy atom. The molecule has 0 radical (unpaired) electrons. The van der Waals surface area contributed by atoms with Gasteiger partial charge in [0.05, 0.1) is 22.4 Å². The van der Waals surface area contributed by atoms with Crippen molar-refractivity contribution < 1.29 is 19.1 Å². The normalized spacial score (nSPS) is 27.6. The van der Waals surface area contributed by atoms with E-state index in [0.29, 0.717) is 37.2 Å². The summed E-state index contributed by atoms with van der Waals surface area (Å²) in [6.45, 7) is 8.41. The van der Waals surface area contributed by atoms with Crippen LogP contribution in [-0.4, -0.2) is 77.1 Å². The third-order valence-corrected chi connectivity index (χ3v) is 9.78. The largest absolute Gasteiger partial charge is 0.381 e. The summed E-state index contributed by atoms with van der Waals surface area (Å²) in [4.78, 5) is 45.8. The summed E-state index contributed by atoms with van der Waals surface area (Å²) >= 11 is 3.27. The molecular weight excluding hydrogens is 484 g/mol. The molecule has 35 heavy (non-hydrogen) atoms. The van der Waals surface area contributed by atoms with E-state index in [1.165, 1.54) is 17.4 Å². The Morgan fingerprint density at radius 3 is 2.49 bits per heavy atom. The van der Waals surface area contributed by atoms with Gasteiger partial charge in [0, 0.05) is 44.5 Å². The number of hydrogen-bond donors (Lipinski definition) is 1. The molecule has 4 atom stereocenters. The van der Waals surface area contributed by atoms with Crippen LogP contribution in [0.3, 0.4) is 0 Å². The molecule has 4 rings (SSSR count). The van der Waals surface area contributed by atoms with Gasteiger partial charge in [0.15, 0.2) is 5.13 Å². The van der Waals surface area contributed by atoms with E-state index >= 15 is 0 Å². The number of aromatic nitrogens is 1. The molecule has 0 spiro atoms. The fraction of sp³-hybridized carbons (Fsp3) is 0.680. The second kappa shape index (κ2) is 11.9. The van der Waals surface area contributed by atoms with E-state index in [-0.39, 0.29) is 40.9 Å². The van der Waals surface area contributed by atoms with Gasteiger partial charge in [0.25, 0.3) is 0 Å². The molecule has 2 heterocycles. The Bertz CT molecular complexity index is 924. The lowest BCUT2D eigenvalue weighted by molar-refractivity contribution is -0.143. The summed E-state index contributed by atoms with van der Waals surface area (Å²) in [5.41, 5.74) is 0. The zero-order valence-electron chi connectivity index (χ0n) is 20.6. The van der Waals surface area contributed by atoms with E-state index in [4.69, 9.17) is 4.74 Å². The van der Waals surface area contributed by atoms with Crippen LogP contribution in [0, 0.1) is 17.8 Å². The lowest BCUT2D eigenvalue weighted by Crippen LogP contribution is -2.49. The number of thiazole rings is 1. The fourth-order valence-corrected chi connectivity index (χ4v) is 7.42. The number of carbonyl (C=O) groups is 3. The van der Waals surface area contributed by atoms with Gasteiger partial charge in [-0.15, -0.1) is 11.8 Å². The van der Waals surface area contributed by atoms with Crippen LogP contribution in [-0.2, 0) is 19.1 Å². The quantitative estimate of drug-likeness (QED) is 0.552. The highest BCUT2D eigenvalue weighted by Crippen LogP contribution is 2.43. The third kappa shape index (κ3) is 6.65. The molecule has 3 fully saturated rings. The van der Waals surface area contributed by atoms with E-state index in [1.807, 2.05) is 16.0 Å². The average Bonchev–Trinajstić information content (AvgIpc) is 3.60. The first-order valence-electron chi connectivity index (χ1n) is 12.6. The van der Waals surface area contributed by atoms with Crippen LogP contribution in [0.5, 0.6) is 0 Å². The van der Waals surface area contributed by atoms with E-state index in [0.717, 1.165) is 42.7 Å². The minimum atomic E-state index is -0.180. The molecule has 3 aliphatic rings. The van der Waals surface area contributed by atoms with Gasteiger partial charge in [-0.1, -0.05) is 24.8 Å². The van der Waals surface area contributed by atoms with Gasteiger partial charge in [-0.05, 0) is 50.5 Å². The topological polar surface area (TPSA) is 91.8 Å². The number of amides is 3. The summed E-state index contributed by atoms with van der Waals surface area (Å²) in [6.07, 6.45) is 8.16. The molecule has 2 aliphatic carbocycles. The third-order valence-electron chi connectivity index (χ3n) is 7.23. The zero-order valence-corrected chi connectivity index (χ0v) is 22.2. The van der Waals surface area contributed by atoms with E-state index in [2.05, 4.69) is 23.8 Å². The van der Waals surface area contributed by atoms with Gasteiger partial charge >= 0.3 is 0 Å². The van der Waals surface area contributed by atoms with Crippen LogP contribution in [0.25, 0.3) is 0 Å². The van der Waals surface area contributed by atoms with E-state index in [9.17, 15) is 14.4 Å². The molecule has 0 aromatic carbocycles. The van der Waals surface area contributed by atoms with Crippen molar-refractivity contribution >= 4 is 46.0 Å². The first-order chi connectivity index (χ1) is 16.9. The molecule has 1 saturated heterocycles. The molecule has 1 aromatic rings. The zero-order chi connectivity index (χ0) is 24.9. The Labute approximate surface area is 215 Å². The molecule has 4 unspecified atom stereocenters. The van der Waals surface area contributed by atoms with E-state index < -0.39 is 0 Å². The van der Waals surface area contributed by atoms with Crippen molar-refractivity contribution in [1.82, 2.24) is 14.8 Å². The SMILES string of the molecule is C=CC(=O)N1CCCN(C(=O)C2CC(Sc3cnc(NC(=O)C4CC4)s3)C(C)CC2OC)CCC1. The summed E-state index contributed by atoms with van der Waals surface area (Å²) in [6, 6.07) is 0. The van der Waals surface area contributed by atoms with Gasteiger partial charge in [0.2, 0.25) is 17.7 Å². The van der Waals surface area contributed by atoms with Crippen LogP contribution in [0.2, 0.25) is 0 Å². The van der Waals surface area contributed by atoms with Crippen molar-refractivity contribution in [2.75, 3.05) is 38.6 Å². The second-order valence-corrected chi connectivity index (χ2v) is 12.4. The number of thioether (sulfide) groups is 1. The number of anilines is 1. The number of methoxy groups -OCH3 is 1. The Hall–Kier alpha value is -1.91. The molecule has 8 nitrogen and oxygen atoms in total. The maximum Gasteiger partial charge on any atom is 0.245 e. The van der Waals surface area contributed by atoms with Gasteiger partial charge < -0.3 is 19.9 Å². The molecule has 1 aliphatic heterocycles. The number of nitrogens with zero attached hydrogens (tertiary/aromatic N) is 3. The summed E-state index contributed by atoms with van der Waals surface area (Å²) < 4.78 is 6.87. The first kappa shape index (κ1) is 26.2. The molecular formula is C25H36N4O4S2. The van der Waals surface area contributed by atoms with E-state index in [1.54, 1.807) is 18.9 Å². The number of nitrogens with one attached hydrogen (secondary N) is 1. The number of carbonyl (C=O) groups excluding carboxylic acids is 3. The van der Waals surface area contributed by atoms with Crippen molar-refractivity contribution in [2.45, 2.75) is 61.0 Å². The molecule has 3 amide bonds. The van der Waals surface area contributed by atoms with Crippen LogP contribution >= 0.6 is 23.1 Å². The maximum atomic E-state index is 13.6. The Balaban J connectivity index is 1.36.